The number of fused-ring (bicyclic) bond motifs is 4. The van der Waals surface area contributed by atoms with Gasteiger partial charge in [0, 0.05) is 48.9 Å². The van der Waals surface area contributed by atoms with E-state index in [1.54, 1.807) is 0 Å². The molecule has 0 saturated heterocycles. The Morgan fingerprint density at radius 2 is 0.810 bits per heavy atom. The van der Waals surface area contributed by atoms with E-state index in [1.807, 2.05) is 0 Å². The maximum atomic E-state index is 6.55. The number of nitrogen functional groups attached to an aromatic ring is 2. The minimum atomic E-state index is 1.03. The van der Waals surface area contributed by atoms with Crippen LogP contribution in [0.4, 0.5) is 11.4 Å². The number of hydrogen-bond acceptors (Lipinski definition) is 2. The van der Waals surface area contributed by atoms with Crippen LogP contribution in [0.1, 0.15) is 112 Å². The van der Waals surface area contributed by atoms with Gasteiger partial charge in [0.05, 0.1) is 22.1 Å². The van der Waals surface area contributed by atoms with Crippen LogP contribution in [0.2, 0.25) is 0 Å². The monoisotopic (exact) mass is 564 g/mol. The van der Waals surface area contributed by atoms with Crippen LogP contribution < -0.4 is 20.6 Å². The van der Waals surface area contributed by atoms with Gasteiger partial charge in [0.2, 0.25) is 11.0 Å². The average Bonchev–Trinajstić information content (AvgIpc) is 3.71. The molecule has 2 heterocycles. The van der Waals surface area contributed by atoms with Gasteiger partial charge in [-0.1, -0.05) is 75.6 Å². The molecule has 2 aromatic carbocycles. The number of aromatic nitrogens is 2. The van der Waals surface area contributed by atoms with Crippen LogP contribution in [0.5, 0.6) is 0 Å². The first-order chi connectivity index (χ1) is 20.7. The largest absolute Gasteiger partial charge is 0.398 e. The Hall–Kier alpha value is -3.14. The Bertz CT molecular complexity index is 1410. The zero-order chi connectivity index (χ0) is 28.7. The highest BCUT2D eigenvalue weighted by Crippen LogP contribution is 2.32. The van der Waals surface area contributed by atoms with E-state index in [1.165, 1.54) is 147 Å². The quantitative estimate of drug-likeness (QED) is 0.113. The fourth-order valence-corrected chi connectivity index (χ4v) is 7.94. The van der Waals surface area contributed by atoms with Crippen molar-refractivity contribution in [3.63, 3.8) is 0 Å². The van der Waals surface area contributed by atoms with E-state index in [9.17, 15) is 0 Å². The summed E-state index contributed by atoms with van der Waals surface area (Å²) < 4.78 is 5.19. The van der Waals surface area contributed by atoms with Gasteiger partial charge in [-0.3, -0.25) is 0 Å². The van der Waals surface area contributed by atoms with Crippen LogP contribution in [0.15, 0.2) is 48.5 Å². The standard InChI is InChI=1S/C38H50N4/c39-37-29-19-11-13-23-33(29)41(35-25-17-21-31(35)37)27-15-9-7-5-3-1-2-4-6-8-10-16-28-42-34-24-14-12-20-30(34)38(40)32-22-18-26-36(32)42/h11-14,19-20,23-24,39-40H,1-10,15-18,21-22,25-28H2/p+2. The van der Waals surface area contributed by atoms with Crippen LogP contribution in [-0.2, 0) is 38.8 Å². The highest BCUT2D eigenvalue weighted by atomic mass is 15.0. The number of rotatable bonds is 15. The van der Waals surface area contributed by atoms with Crippen molar-refractivity contribution in [2.75, 3.05) is 11.5 Å². The second kappa shape index (κ2) is 13.9. The van der Waals surface area contributed by atoms with Gasteiger partial charge in [-0.15, -0.1) is 0 Å². The van der Waals surface area contributed by atoms with Crippen LogP contribution >= 0.6 is 0 Å². The van der Waals surface area contributed by atoms with Crippen molar-refractivity contribution in [1.82, 2.24) is 0 Å². The van der Waals surface area contributed by atoms with Crippen LogP contribution in [0.3, 0.4) is 0 Å². The molecule has 4 nitrogen and oxygen atoms in total. The Morgan fingerprint density at radius 1 is 0.452 bits per heavy atom. The fraction of sp³-hybridized carbons (Fsp3) is 0.526. The molecule has 0 unspecified atom stereocenters. The maximum Gasteiger partial charge on any atom is 0.214 e. The summed E-state index contributed by atoms with van der Waals surface area (Å²) >= 11 is 0. The highest BCUT2D eigenvalue weighted by molar-refractivity contribution is 5.90. The predicted molar refractivity (Wildman–Crippen MR) is 177 cm³/mol. The molecule has 0 bridgehead atoms. The van der Waals surface area contributed by atoms with E-state index in [0.717, 1.165) is 37.3 Å². The molecule has 0 radical (unpaired) electrons. The molecule has 0 saturated carbocycles. The first kappa shape index (κ1) is 29.0. The van der Waals surface area contributed by atoms with Crippen LogP contribution in [-0.4, -0.2) is 0 Å². The zero-order valence-corrected chi connectivity index (χ0v) is 25.8. The number of benzene rings is 2. The molecule has 222 valence electrons. The van der Waals surface area contributed by atoms with Gasteiger partial charge in [0.1, 0.15) is 13.1 Å². The molecule has 6 rings (SSSR count). The lowest BCUT2D eigenvalue weighted by Gasteiger charge is -2.10. The summed E-state index contributed by atoms with van der Waals surface area (Å²) in [5.41, 5.74) is 23.7. The first-order valence-electron chi connectivity index (χ1n) is 17.2. The van der Waals surface area contributed by atoms with Gasteiger partial charge in [0.15, 0.2) is 11.4 Å². The van der Waals surface area contributed by atoms with E-state index < -0.39 is 0 Å². The minimum absolute atomic E-state index is 1.03. The van der Waals surface area contributed by atoms with Gasteiger partial charge < -0.3 is 11.5 Å². The van der Waals surface area contributed by atoms with E-state index in [4.69, 9.17) is 11.5 Å². The molecular formula is C38H52N4+2. The van der Waals surface area contributed by atoms with Crippen molar-refractivity contribution in [1.29, 1.82) is 0 Å². The van der Waals surface area contributed by atoms with Gasteiger partial charge in [-0.25, -0.2) is 0 Å². The van der Waals surface area contributed by atoms with Crippen molar-refractivity contribution in [3.05, 3.63) is 71.0 Å². The summed E-state index contributed by atoms with van der Waals surface area (Å²) in [7, 11) is 0. The van der Waals surface area contributed by atoms with Crippen molar-refractivity contribution in [2.24, 2.45) is 0 Å². The Labute approximate surface area is 253 Å². The normalized spacial score (nSPS) is 14.2. The van der Waals surface area contributed by atoms with Crippen molar-refractivity contribution in [2.45, 2.75) is 129 Å². The number of nitrogens with two attached hydrogens (primary N) is 2. The van der Waals surface area contributed by atoms with Gasteiger partial charge in [-0.05, 0) is 50.7 Å². The second-order valence-corrected chi connectivity index (χ2v) is 13.0. The number of para-hydroxylation sites is 2. The molecular weight excluding hydrogens is 512 g/mol. The number of pyridine rings is 2. The third-order valence-corrected chi connectivity index (χ3v) is 10.2. The SMILES string of the molecule is Nc1c2c([n+](CCCCCCCCCCCCCC[n+]3c4c(c(N)c5ccccc53)CCC4)c3ccccc13)CCC2. The molecule has 0 aliphatic heterocycles. The van der Waals surface area contributed by atoms with Crippen LogP contribution in [0.25, 0.3) is 21.8 Å². The molecule has 4 heteroatoms. The second-order valence-electron chi connectivity index (χ2n) is 13.0. The topological polar surface area (TPSA) is 59.8 Å². The lowest BCUT2D eigenvalue weighted by molar-refractivity contribution is -0.679. The van der Waals surface area contributed by atoms with Crippen LogP contribution in [0, 0.1) is 0 Å². The van der Waals surface area contributed by atoms with Crippen molar-refractivity contribution < 1.29 is 9.13 Å². The summed E-state index contributed by atoms with van der Waals surface area (Å²) in [4.78, 5) is 0. The summed E-state index contributed by atoms with van der Waals surface area (Å²) in [6, 6.07) is 17.5. The maximum absolute atomic E-state index is 6.55. The number of aryl methyl sites for hydroxylation is 2. The Balaban J connectivity index is 0.837. The average molecular weight is 565 g/mol. The van der Waals surface area contributed by atoms with E-state index in [2.05, 4.69) is 57.7 Å². The van der Waals surface area contributed by atoms with Gasteiger partial charge in [0.25, 0.3) is 0 Å². The summed E-state index contributed by atoms with van der Waals surface area (Å²) in [5, 5.41) is 2.49. The third kappa shape index (κ3) is 6.14. The number of nitrogens with zero attached hydrogens (tertiary/aromatic N) is 2. The lowest BCUT2D eigenvalue weighted by Crippen LogP contribution is -2.40. The summed E-state index contributed by atoms with van der Waals surface area (Å²) in [6.45, 7) is 2.28. The zero-order valence-electron chi connectivity index (χ0n) is 25.8. The Kier molecular flexibility index (Phi) is 9.57. The predicted octanol–water partition coefficient (Wildman–Crippen LogP) is 8.09. The number of unbranched alkanes of at least 4 members (excludes halogenated alkanes) is 11. The smallest absolute Gasteiger partial charge is 0.214 e. The molecule has 0 amide bonds. The fourth-order valence-electron chi connectivity index (χ4n) is 7.94. The molecule has 0 atom stereocenters. The number of hydrogen-bond donors (Lipinski definition) is 2. The van der Waals surface area contributed by atoms with Crippen molar-refractivity contribution >= 4 is 33.2 Å². The molecule has 2 aliphatic rings. The first-order valence-corrected chi connectivity index (χ1v) is 17.2. The molecule has 0 fully saturated rings. The summed E-state index contributed by atoms with van der Waals surface area (Å²) in [5.74, 6) is 0. The number of anilines is 2. The highest BCUT2D eigenvalue weighted by Gasteiger charge is 2.29. The third-order valence-electron chi connectivity index (χ3n) is 10.2. The van der Waals surface area contributed by atoms with Crippen molar-refractivity contribution in [3.8, 4) is 0 Å². The van der Waals surface area contributed by atoms with E-state index in [-0.39, 0.29) is 0 Å². The van der Waals surface area contributed by atoms with Gasteiger partial charge >= 0.3 is 0 Å². The molecule has 4 aromatic rings. The molecule has 2 aliphatic carbocycles. The lowest BCUT2D eigenvalue weighted by atomic mass is 10.0. The van der Waals surface area contributed by atoms with E-state index in [0.29, 0.717) is 0 Å². The van der Waals surface area contributed by atoms with E-state index >= 15 is 0 Å². The molecule has 4 N–H and O–H groups in total. The molecule has 2 aromatic heterocycles. The Morgan fingerprint density at radius 3 is 1.21 bits per heavy atom. The van der Waals surface area contributed by atoms with Gasteiger partial charge in [-0.2, -0.15) is 9.13 Å². The molecule has 42 heavy (non-hydrogen) atoms. The summed E-state index contributed by atoms with van der Waals surface area (Å²) in [6.07, 6.45) is 23.5. The minimum Gasteiger partial charge on any atom is -0.398 e. The molecule has 0 spiro atoms.